The molecule has 9 nitrogen and oxygen atoms in total. The number of halogens is 1. The van der Waals surface area contributed by atoms with E-state index in [2.05, 4.69) is 56.6 Å². The number of sulfonamides is 1. The van der Waals surface area contributed by atoms with E-state index in [-0.39, 0.29) is 29.7 Å². The molecule has 2 heterocycles. The summed E-state index contributed by atoms with van der Waals surface area (Å²) in [5, 5.41) is 7.12. The zero-order valence-corrected chi connectivity index (χ0v) is 21.8. The number of benzene rings is 1. The van der Waals surface area contributed by atoms with Gasteiger partial charge in [0.2, 0.25) is 10.0 Å². The summed E-state index contributed by atoms with van der Waals surface area (Å²) in [5.74, 6) is 0.693. The molecule has 1 aliphatic rings. The number of hydrogen-bond acceptors (Lipinski definition) is 6. The van der Waals surface area contributed by atoms with Gasteiger partial charge in [-0.05, 0) is 25.0 Å². The van der Waals surface area contributed by atoms with Crippen LogP contribution in [-0.2, 0) is 15.8 Å². The second kappa shape index (κ2) is 13.0. The quantitative estimate of drug-likeness (QED) is 0.212. The van der Waals surface area contributed by atoms with E-state index in [4.69, 9.17) is 4.52 Å². The van der Waals surface area contributed by atoms with E-state index in [0.29, 0.717) is 31.9 Å². The van der Waals surface area contributed by atoms with Gasteiger partial charge in [0.15, 0.2) is 5.96 Å². The summed E-state index contributed by atoms with van der Waals surface area (Å²) in [6, 6.07) is 11.9. The molecule has 178 valence electrons. The molecule has 3 rings (SSSR count). The highest BCUT2D eigenvalue weighted by atomic mass is 127. The van der Waals surface area contributed by atoms with E-state index in [1.165, 1.54) is 16.3 Å². The molecule has 1 saturated heterocycles. The standard InChI is InChI=1S/C21H32N6O3S.HI/c1-22-21(23-11-6-7-12-25(2)20-8-4-3-5-9-20)26-13-15-27(16-14-26)31(28,29)18-19-10-17-30-24-19;/h3-5,8-10,17H,6-7,11-16,18H2,1-2H3,(H,22,23);1H. The van der Waals surface area contributed by atoms with E-state index < -0.39 is 10.0 Å². The van der Waals surface area contributed by atoms with Crippen LogP contribution >= 0.6 is 24.0 Å². The summed E-state index contributed by atoms with van der Waals surface area (Å²) in [7, 11) is 0.474. The van der Waals surface area contributed by atoms with Crippen LogP contribution in [0, 0.1) is 0 Å². The fraction of sp³-hybridized carbons (Fsp3) is 0.524. The summed E-state index contributed by atoms with van der Waals surface area (Å²) < 4.78 is 31.4. The van der Waals surface area contributed by atoms with Gasteiger partial charge in [0.1, 0.15) is 12.0 Å². The number of piperazine rings is 1. The first-order chi connectivity index (χ1) is 15.0. The van der Waals surface area contributed by atoms with Crippen molar-refractivity contribution in [3.8, 4) is 0 Å². The Bertz CT molecular complexity index is 916. The van der Waals surface area contributed by atoms with Crippen molar-refractivity contribution in [1.82, 2.24) is 19.7 Å². The summed E-state index contributed by atoms with van der Waals surface area (Å²) in [6.45, 7) is 3.90. The third-order valence-electron chi connectivity index (χ3n) is 5.37. The molecule has 0 amide bonds. The maximum Gasteiger partial charge on any atom is 0.220 e. The predicted molar refractivity (Wildman–Crippen MR) is 138 cm³/mol. The lowest BCUT2D eigenvalue weighted by Crippen LogP contribution is -2.54. The number of unbranched alkanes of at least 4 members (excludes halogenated alkanes) is 1. The summed E-state index contributed by atoms with van der Waals surface area (Å²) in [4.78, 5) is 8.74. The van der Waals surface area contributed by atoms with Crippen molar-refractivity contribution in [2.75, 3.05) is 58.3 Å². The Balaban J connectivity index is 0.00000363. The van der Waals surface area contributed by atoms with Crippen LogP contribution in [0.25, 0.3) is 0 Å². The summed E-state index contributed by atoms with van der Waals surface area (Å²) in [6.07, 6.45) is 3.49. The number of para-hydroxylation sites is 1. The van der Waals surface area contributed by atoms with E-state index in [1.54, 1.807) is 13.1 Å². The molecule has 0 atom stereocenters. The summed E-state index contributed by atoms with van der Waals surface area (Å²) in [5.41, 5.74) is 1.65. The Labute approximate surface area is 207 Å². The Morgan fingerprint density at radius 3 is 2.50 bits per heavy atom. The lowest BCUT2D eigenvalue weighted by atomic mass is 10.2. The van der Waals surface area contributed by atoms with Gasteiger partial charge in [-0.15, -0.1) is 24.0 Å². The van der Waals surface area contributed by atoms with Crippen molar-refractivity contribution < 1.29 is 12.9 Å². The Morgan fingerprint density at radius 2 is 1.88 bits per heavy atom. The third-order valence-corrected chi connectivity index (χ3v) is 7.18. The molecular formula is C21H33IN6O3S. The van der Waals surface area contributed by atoms with Crippen LogP contribution < -0.4 is 10.2 Å². The number of guanidine groups is 1. The van der Waals surface area contributed by atoms with E-state index in [0.717, 1.165) is 31.9 Å². The maximum absolute atomic E-state index is 12.6. The number of rotatable bonds is 9. The van der Waals surface area contributed by atoms with Crippen LogP contribution in [0.2, 0.25) is 0 Å². The smallest absolute Gasteiger partial charge is 0.220 e. The Morgan fingerprint density at radius 1 is 1.16 bits per heavy atom. The average Bonchev–Trinajstić information content (AvgIpc) is 3.29. The normalized spacial score (nSPS) is 15.3. The molecule has 1 N–H and O–H groups in total. The number of hydrogen-bond donors (Lipinski definition) is 1. The molecule has 1 aromatic carbocycles. The Kier molecular flexibility index (Phi) is 10.7. The first-order valence-electron chi connectivity index (χ1n) is 10.6. The van der Waals surface area contributed by atoms with Crippen molar-refractivity contribution in [3.63, 3.8) is 0 Å². The van der Waals surface area contributed by atoms with Crippen molar-refractivity contribution in [1.29, 1.82) is 0 Å². The molecule has 0 aliphatic carbocycles. The highest BCUT2D eigenvalue weighted by Gasteiger charge is 2.28. The van der Waals surface area contributed by atoms with Crippen LogP contribution in [-0.4, -0.2) is 82.1 Å². The third kappa shape index (κ3) is 7.62. The van der Waals surface area contributed by atoms with Gasteiger partial charge in [-0.25, -0.2) is 8.42 Å². The monoisotopic (exact) mass is 576 g/mol. The molecule has 0 unspecified atom stereocenters. The minimum Gasteiger partial charge on any atom is -0.375 e. The molecule has 1 aromatic heterocycles. The van der Waals surface area contributed by atoms with Crippen molar-refractivity contribution >= 4 is 45.6 Å². The minimum absolute atomic E-state index is 0. The fourth-order valence-electron chi connectivity index (χ4n) is 3.59. The molecule has 0 spiro atoms. The average molecular weight is 577 g/mol. The largest absolute Gasteiger partial charge is 0.375 e. The van der Waals surface area contributed by atoms with E-state index in [1.807, 2.05) is 6.07 Å². The van der Waals surface area contributed by atoms with Crippen LogP contribution in [0.3, 0.4) is 0 Å². The van der Waals surface area contributed by atoms with Crippen molar-refractivity contribution in [2.24, 2.45) is 4.99 Å². The first-order valence-corrected chi connectivity index (χ1v) is 12.2. The number of aliphatic imine (C=N–C) groups is 1. The molecule has 0 bridgehead atoms. The predicted octanol–water partition coefficient (Wildman–Crippen LogP) is 2.23. The molecule has 0 radical (unpaired) electrons. The van der Waals surface area contributed by atoms with Gasteiger partial charge >= 0.3 is 0 Å². The van der Waals surface area contributed by atoms with Gasteiger partial charge in [-0.3, -0.25) is 4.99 Å². The van der Waals surface area contributed by atoms with Crippen LogP contribution in [0.1, 0.15) is 18.5 Å². The molecule has 11 heteroatoms. The van der Waals surface area contributed by atoms with Gasteiger partial charge in [-0.2, -0.15) is 4.31 Å². The number of aromatic nitrogens is 1. The summed E-state index contributed by atoms with van der Waals surface area (Å²) >= 11 is 0. The molecule has 1 fully saturated rings. The molecule has 1 aliphatic heterocycles. The van der Waals surface area contributed by atoms with Gasteiger partial charge in [0.05, 0.1) is 5.69 Å². The fourth-order valence-corrected chi connectivity index (χ4v) is 5.01. The van der Waals surface area contributed by atoms with Gasteiger partial charge in [0, 0.05) is 65.1 Å². The van der Waals surface area contributed by atoms with Gasteiger partial charge < -0.3 is 19.6 Å². The zero-order chi connectivity index (χ0) is 22.1. The van der Waals surface area contributed by atoms with Crippen molar-refractivity contribution in [3.05, 3.63) is 48.4 Å². The van der Waals surface area contributed by atoms with Gasteiger partial charge in [0.25, 0.3) is 0 Å². The van der Waals surface area contributed by atoms with Crippen LogP contribution in [0.5, 0.6) is 0 Å². The highest BCUT2D eigenvalue weighted by molar-refractivity contribution is 14.0. The number of anilines is 1. The molecule has 32 heavy (non-hydrogen) atoms. The van der Waals surface area contributed by atoms with Gasteiger partial charge in [-0.1, -0.05) is 23.4 Å². The SMILES string of the molecule is CN=C(NCCCCN(C)c1ccccc1)N1CCN(S(=O)(=O)Cc2ccon2)CC1.I. The Hall–Kier alpha value is -1.86. The van der Waals surface area contributed by atoms with Crippen LogP contribution in [0.4, 0.5) is 5.69 Å². The molecule has 0 saturated carbocycles. The zero-order valence-electron chi connectivity index (χ0n) is 18.7. The maximum atomic E-state index is 12.6. The van der Waals surface area contributed by atoms with E-state index >= 15 is 0 Å². The molecule has 2 aromatic rings. The van der Waals surface area contributed by atoms with Crippen molar-refractivity contribution in [2.45, 2.75) is 18.6 Å². The number of nitrogens with zero attached hydrogens (tertiary/aromatic N) is 5. The van der Waals surface area contributed by atoms with Crippen LogP contribution in [0.15, 0.2) is 52.2 Å². The lowest BCUT2D eigenvalue weighted by molar-refractivity contribution is 0.260. The molecular weight excluding hydrogens is 543 g/mol. The first kappa shape index (κ1) is 26.4. The second-order valence-electron chi connectivity index (χ2n) is 7.57. The van der Waals surface area contributed by atoms with E-state index in [9.17, 15) is 8.42 Å². The minimum atomic E-state index is -3.40. The second-order valence-corrected chi connectivity index (χ2v) is 9.54. The lowest BCUT2D eigenvalue weighted by Gasteiger charge is -2.35. The number of nitrogens with one attached hydrogen (secondary N) is 1. The topological polar surface area (TPSA) is 94.3 Å². The highest BCUT2D eigenvalue weighted by Crippen LogP contribution is 2.13.